The Labute approximate surface area is 217 Å². The number of fused-ring (bicyclic) bond motifs is 1. The number of hydrogen-bond donors (Lipinski definition) is 1. The van der Waals surface area contributed by atoms with Crippen molar-refractivity contribution in [3.05, 3.63) is 51.9 Å². The molecule has 0 unspecified atom stereocenters. The van der Waals surface area contributed by atoms with Crippen molar-refractivity contribution in [3.63, 3.8) is 0 Å². The van der Waals surface area contributed by atoms with Crippen LogP contribution in [0.1, 0.15) is 98.8 Å². The molecule has 200 valence electrons. The molecule has 0 bridgehead atoms. The van der Waals surface area contributed by atoms with E-state index in [0.717, 1.165) is 43.9 Å². The van der Waals surface area contributed by atoms with Crippen LogP contribution in [0, 0.1) is 0 Å². The molecule has 0 atom stereocenters. The minimum absolute atomic E-state index is 0.138. The highest BCUT2D eigenvalue weighted by atomic mass is 16.5. The molecule has 1 heterocycles. The summed E-state index contributed by atoms with van der Waals surface area (Å²) in [4.78, 5) is 13.6. The van der Waals surface area contributed by atoms with Crippen LogP contribution in [0.3, 0.4) is 0 Å². The van der Waals surface area contributed by atoms with Gasteiger partial charge in [-0.05, 0) is 64.7 Å². The third-order valence-corrected chi connectivity index (χ3v) is 6.39. The van der Waals surface area contributed by atoms with Crippen LogP contribution < -0.4 is 15.0 Å². The van der Waals surface area contributed by atoms with Crippen molar-refractivity contribution in [1.29, 1.82) is 0 Å². The summed E-state index contributed by atoms with van der Waals surface area (Å²) >= 11 is 0. The number of benzene rings is 1. The third kappa shape index (κ3) is 9.40. The second-order valence-corrected chi connectivity index (χ2v) is 9.97. The number of aromatic hydroxyl groups is 1. The van der Waals surface area contributed by atoms with Crippen LogP contribution >= 0.6 is 0 Å². The normalized spacial score (nSPS) is 11.6. The van der Waals surface area contributed by atoms with Gasteiger partial charge in [-0.25, -0.2) is 0 Å². The molecular formula is C31H47NO4. The molecule has 5 heteroatoms. The fourth-order valence-electron chi connectivity index (χ4n) is 4.21. The van der Waals surface area contributed by atoms with Gasteiger partial charge in [0.1, 0.15) is 12.4 Å². The number of phenolic OH excluding ortho intramolecular Hbond substituents is 1. The van der Waals surface area contributed by atoms with Crippen LogP contribution in [0.5, 0.6) is 17.2 Å². The maximum absolute atomic E-state index is 13.6. The van der Waals surface area contributed by atoms with E-state index in [9.17, 15) is 9.90 Å². The lowest BCUT2D eigenvalue weighted by molar-refractivity contribution is 0.274. The Kier molecular flexibility index (Phi) is 13.2. The first-order chi connectivity index (χ1) is 17.4. The summed E-state index contributed by atoms with van der Waals surface area (Å²) in [5, 5.41) is 11.0. The number of aryl methyl sites for hydroxylation is 1. The molecule has 1 aromatic carbocycles. The fraction of sp³-hybridized carbons (Fsp3) is 0.581. The van der Waals surface area contributed by atoms with Gasteiger partial charge in [0, 0.05) is 18.0 Å². The largest absolute Gasteiger partial charge is 0.508 e. The number of rotatable bonds is 17. The van der Waals surface area contributed by atoms with Gasteiger partial charge in [-0.3, -0.25) is 4.79 Å². The monoisotopic (exact) mass is 497 g/mol. The van der Waals surface area contributed by atoms with E-state index >= 15 is 0 Å². The Bertz CT molecular complexity index is 1060. The molecule has 0 amide bonds. The first kappa shape index (κ1) is 29.5. The van der Waals surface area contributed by atoms with Gasteiger partial charge in [0.05, 0.1) is 12.1 Å². The number of aromatic nitrogens is 1. The van der Waals surface area contributed by atoms with Gasteiger partial charge < -0.3 is 19.1 Å². The summed E-state index contributed by atoms with van der Waals surface area (Å²) in [5.41, 5.74) is 3.08. The van der Waals surface area contributed by atoms with E-state index in [1.807, 2.05) is 6.07 Å². The maximum Gasteiger partial charge on any atom is 0.297 e. The zero-order valence-corrected chi connectivity index (χ0v) is 23.2. The van der Waals surface area contributed by atoms with Crippen LogP contribution in [0.4, 0.5) is 0 Å². The molecule has 0 fully saturated rings. The van der Waals surface area contributed by atoms with Gasteiger partial charge in [-0.2, -0.15) is 0 Å². The molecule has 5 nitrogen and oxygen atoms in total. The summed E-state index contributed by atoms with van der Waals surface area (Å²) < 4.78 is 14.0. The first-order valence-corrected chi connectivity index (χ1v) is 13.8. The van der Waals surface area contributed by atoms with Crippen LogP contribution in [0.15, 0.2) is 46.3 Å². The Morgan fingerprint density at radius 2 is 1.64 bits per heavy atom. The average Bonchev–Trinajstić information content (AvgIpc) is 2.84. The van der Waals surface area contributed by atoms with Crippen molar-refractivity contribution in [1.82, 2.24) is 4.57 Å². The Morgan fingerprint density at radius 3 is 2.36 bits per heavy atom. The van der Waals surface area contributed by atoms with E-state index in [1.165, 1.54) is 36.8 Å². The molecular weight excluding hydrogens is 450 g/mol. The van der Waals surface area contributed by atoms with E-state index in [4.69, 9.17) is 9.47 Å². The Morgan fingerprint density at radius 1 is 0.917 bits per heavy atom. The highest BCUT2D eigenvalue weighted by molar-refractivity contribution is 5.89. The quantitative estimate of drug-likeness (QED) is 0.176. The van der Waals surface area contributed by atoms with E-state index in [-0.39, 0.29) is 17.1 Å². The van der Waals surface area contributed by atoms with Gasteiger partial charge in [0.15, 0.2) is 5.75 Å². The van der Waals surface area contributed by atoms with Gasteiger partial charge in [-0.1, -0.05) is 69.6 Å². The molecule has 0 saturated carbocycles. The molecule has 36 heavy (non-hydrogen) atoms. The van der Waals surface area contributed by atoms with Crippen molar-refractivity contribution in [2.75, 3.05) is 13.2 Å². The molecule has 2 aromatic rings. The molecule has 0 aliphatic carbocycles. The van der Waals surface area contributed by atoms with Crippen molar-refractivity contribution in [3.8, 4) is 17.2 Å². The number of allylic oxidation sites excluding steroid dienone is 3. The zero-order chi connectivity index (χ0) is 26.3. The van der Waals surface area contributed by atoms with E-state index in [0.29, 0.717) is 31.0 Å². The molecule has 0 aliphatic rings. The summed E-state index contributed by atoms with van der Waals surface area (Å²) in [5.74, 6) is 0.890. The van der Waals surface area contributed by atoms with Crippen LogP contribution in [0.2, 0.25) is 0 Å². The van der Waals surface area contributed by atoms with Gasteiger partial charge >= 0.3 is 0 Å². The van der Waals surface area contributed by atoms with Crippen molar-refractivity contribution in [2.45, 2.75) is 105 Å². The highest BCUT2D eigenvalue weighted by Gasteiger charge is 2.20. The second-order valence-electron chi connectivity index (χ2n) is 9.97. The van der Waals surface area contributed by atoms with Crippen LogP contribution in [-0.4, -0.2) is 22.9 Å². The molecule has 0 radical (unpaired) electrons. The number of ether oxygens (including phenoxy) is 2. The molecule has 2 rings (SSSR count). The van der Waals surface area contributed by atoms with Gasteiger partial charge in [0.25, 0.3) is 5.56 Å². The predicted molar refractivity (Wildman–Crippen MR) is 152 cm³/mol. The lowest BCUT2D eigenvalue weighted by Crippen LogP contribution is -2.24. The Hall–Kier alpha value is -2.69. The lowest BCUT2D eigenvalue weighted by atomic mass is 10.1. The lowest BCUT2D eigenvalue weighted by Gasteiger charge is -2.18. The zero-order valence-electron chi connectivity index (χ0n) is 23.2. The fourth-order valence-corrected chi connectivity index (χ4v) is 4.21. The minimum atomic E-state index is -0.183. The average molecular weight is 498 g/mol. The van der Waals surface area contributed by atoms with Crippen molar-refractivity contribution in [2.24, 2.45) is 0 Å². The van der Waals surface area contributed by atoms with E-state index in [2.05, 4.69) is 46.8 Å². The summed E-state index contributed by atoms with van der Waals surface area (Å²) in [7, 11) is 0. The number of hydrogen-bond acceptors (Lipinski definition) is 4. The van der Waals surface area contributed by atoms with Gasteiger partial charge in [-0.15, -0.1) is 0 Å². The Balaban J connectivity index is 2.35. The molecule has 0 saturated heterocycles. The van der Waals surface area contributed by atoms with Crippen molar-refractivity contribution >= 4 is 10.9 Å². The summed E-state index contributed by atoms with van der Waals surface area (Å²) in [6, 6.07) is 5.14. The standard InChI is InChI=1S/C31H47NO4/c1-6-8-10-11-12-13-20-32-28-23-26(33)17-18-27(28)29(30(31(32)34)35-21-9-7-2)36-22-19-25(5)16-14-15-24(3)4/h15,17-19,23,33H,6-14,16,20-22H2,1-5H3/b25-19+. The van der Waals surface area contributed by atoms with Crippen LogP contribution in [0.25, 0.3) is 10.9 Å². The van der Waals surface area contributed by atoms with E-state index in [1.54, 1.807) is 16.7 Å². The minimum Gasteiger partial charge on any atom is -0.508 e. The topological polar surface area (TPSA) is 60.7 Å². The first-order valence-electron chi connectivity index (χ1n) is 13.8. The number of unbranched alkanes of at least 4 members (excludes halogenated alkanes) is 6. The van der Waals surface area contributed by atoms with E-state index < -0.39 is 0 Å². The predicted octanol–water partition coefficient (Wildman–Crippen LogP) is 8.32. The highest BCUT2D eigenvalue weighted by Crippen LogP contribution is 2.35. The maximum atomic E-state index is 13.6. The molecule has 0 spiro atoms. The van der Waals surface area contributed by atoms with Crippen LogP contribution in [-0.2, 0) is 6.54 Å². The van der Waals surface area contributed by atoms with Gasteiger partial charge in [0.2, 0.25) is 5.75 Å². The third-order valence-electron chi connectivity index (χ3n) is 6.39. The number of phenols is 1. The smallest absolute Gasteiger partial charge is 0.297 e. The SMILES string of the molecule is CCCCCCCCn1c(=O)c(OCCCC)c(OC/C=C(\C)CCC=C(C)C)c2ccc(O)cc21. The molecule has 1 N–H and O–H groups in total. The number of pyridine rings is 1. The molecule has 1 aromatic heterocycles. The molecule has 0 aliphatic heterocycles. The summed E-state index contributed by atoms with van der Waals surface area (Å²) in [6.07, 6.45) is 15.0. The van der Waals surface area contributed by atoms with Crippen molar-refractivity contribution < 1.29 is 14.6 Å². The second kappa shape index (κ2) is 16.1. The number of nitrogens with zero attached hydrogens (tertiary/aromatic N) is 1. The summed E-state index contributed by atoms with van der Waals surface area (Å²) in [6.45, 7) is 12.1.